The summed E-state index contributed by atoms with van der Waals surface area (Å²) in [7, 11) is 0. The van der Waals surface area contributed by atoms with Crippen LogP contribution in [0.3, 0.4) is 0 Å². The molecule has 1 heteroatoms. The molecule has 0 radical (unpaired) electrons. The Morgan fingerprint density at radius 2 is 1.44 bits per heavy atom. The maximum absolute atomic E-state index is 3.58. The van der Waals surface area contributed by atoms with Crippen LogP contribution in [-0.4, -0.2) is 11.1 Å². The summed E-state index contributed by atoms with van der Waals surface area (Å²) in [5.41, 5.74) is 1.07. The van der Waals surface area contributed by atoms with E-state index in [-0.39, 0.29) is 0 Å². The molecule has 2 fully saturated rings. The Morgan fingerprint density at radius 1 is 1.00 bits per heavy atom. The highest BCUT2D eigenvalue weighted by Crippen LogP contribution is 2.48. The van der Waals surface area contributed by atoms with Gasteiger partial charge in [-0.3, -0.25) is 0 Å². The number of nitrogens with one attached hydrogen (secondary N) is 1. The van der Waals surface area contributed by atoms with Crippen LogP contribution >= 0.6 is 0 Å². The lowest BCUT2D eigenvalue weighted by atomic mass is 9.82. The first-order valence-electron chi connectivity index (χ1n) is 3.96. The van der Waals surface area contributed by atoms with Gasteiger partial charge < -0.3 is 5.32 Å². The van der Waals surface area contributed by atoms with Crippen molar-refractivity contribution in [3.8, 4) is 0 Å². The summed E-state index contributed by atoms with van der Waals surface area (Å²) in [5.74, 6) is 0. The van der Waals surface area contributed by atoms with E-state index < -0.39 is 0 Å². The molecule has 0 spiro atoms. The molecular weight excluding hydrogens is 110 g/mol. The summed E-state index contributed by atoms with van der Waals surface area (Å²) in [6.07, 6.45) is 5.64. The van der Waals surface area contributed by atoms with E-state index in [9.17, 15) is 0 Å². The predicted octanol–water partition coefficient (Wildman–Crippen LogP) is 1.68. The summed E-state index contributed by atoms with van der Waals surface area (Å²) in [6, 6.07) is 0. The second kappa shape index (κ2) is 1.34. The third-order valence-electron chi connectivity index (χ3n) is 3.31. The molecule has 9 heavy (non-hydrogen) atoms. The topological polar surface area (TPSA) is 21.9 Å². The van der Waals surface area contributed by atoms with Gasteiger partial charge >= 0.3 is 0 Å². The molecule has 1 N–H and O–H groups in total. The summed E-state index contributed by atoms with van der Waals surface area (Å²) < 4.78 is 0. The summed E-state index contributed by atoms with van der Waals surface area (Å²) in [4.78, 5) is 0. The van der Waals surface area contributed by atoms with E-state index in [2.05, 4.69) is 19.2 Å². The molecule has 0 aromatic rings. The molecule has 1 aliphatic carbocycles. The van der Waals surface area contributed by atoms with Crippen molar-refractivity contribution in [2.24, 2.45) is 0 Å². The number of fused-ring (bicyclic) bond motifs is 1. The quantitative estimate of drug-likeness (QED) is 0.489. The number of hydrogen-bond acceptors (Lipinski definition) is 1. The third kappa shape index (κ3) is 0.586. The van der Waals surface area contributed by atoms with E-state index in [1.54, 1.807) is 0 Å². The van der Waals surface area contributed by atoms with Gasteiger partial charge in [0.25, 0.3) is 0 Å². The Balaban J connectivity index is 2.15. The van der Waals surface area contributed by atoms with Crippen LogP contribution in [0.5, 0.6) is 0 Å². The van der Waals surface area contributed by atoms with Gasteiger partial charge in [0.1, 0.15) is 0 Å². The van der Waals surface area contributed by atoms with Crippen LogP contribution in [0.25, 0.3) is 0 Å². The highest BCUT2D eigenvalue weighted by molar-refractivity contribution is 5.23. The van der Waals surface area contributed by atoms with Crippen molar-refractivity contribution in [1.82, 2.24) is 5.32 Å². The minimum atomic E-state index is 0.533. The second-order valence-electron chi connectivity index (χ2n) is 4.00. The van der Waals surface area contributed by atoms with E-state index >= 15 is 0 Å². The van der Waals surface area contributed by atoms with E-state index in [0.717, 1.165) is 0 Å². The van der Waals surface area contributed by atoms with E-state index in [0.29, 0.717) is 11.1 Å². The van der Waals surface area contributed by atoms with E-state index in [1.165, 1.54) is 25.7 Å². The van der Waals surface area contributed by atoms with Gasteiger partial charge in [0.2, 0.25) is 0 Å². The molecule has 0 amide bonds. The molecule has 0 bridgehead atoms. The number of hydrogen-bond donors (Lipinski definition) is 1. The maximum Gasteiger partial charge on any atom is 0.0338 e. The Labute approximate surface area is 56.8 Å². The predicted molar refractivity (Wildman–Crippen MR) is 38.4 cm³/mol. The monoisotopic (exact) mass is 125 g/mol. The van der Waals surface area contributed by atoms with Gasteiger partial charge in [0.15, 0.2) is 0 Å². The minimum Gasteiger partial charge on any atom is -0.303 e. The second-order valence-corrected chi connectivity index (χ2v) is 4.00. The summed E-state index contributed by atoms with van der Waals surface area (Å²) in [6.45, 7) is 4.71. The van der Waals surface area contributed by atoms with Crippen molar-refractivity contribution in [1.29, 1.82) is 0 Å². The fourth-order valence-corrected chi connectivity index (χ4v) is 2.21. The third-order valence-corrected chi connectivity index (χ3v) is 3.31. The lowest BCUT2D eigenvalue weighted by molar-refractivity contribution is 0.409. The van der Waals surface area contributed by atoms with Crippen LogP contribution in [0.15, 0.2) is 0 Å². The zero-order chi connectivity index (χ0) is 6.54. The molecule has 0 aromatic heterocycles. The lowest BCUT2D eigenvalue weighted by Gasteiger charge is -2.20. The maximum atomic E-state index is 3.58. The smallest absolute Gasteiger partial charge is 0.0338 e. The van der Waals surface area contributed by atoms with Gasteiger partial charge in [-0.1, -0.05) is 12.8 Å². The van der Waals surface area contributed by atoms with Gasteiger partial charge in [0, 0.05) is 11.1 Å². The molecule has 2 atom stereocenters. The van der Waals surface area contributed by atoms with Gasteiger partial charge in [0.05, 0.1) is 0 Å². The van der Waals surface area contributed by atoms with Crippen LogP contribution in [0.2, 0.25) is 0 Å². The highest BCUT2D eigenvalue weighted by atomic mass is 15.3. The zero-order valence-electron chi connectivity index (χ0n) is 6.33. The first-order valence-corrected chi connectivity index (χ1v) is 3.96. The number of rotatable bonds is 0. The standard InChI is InChI=1S/C8H15N/c1-7-5-3-4-6-8(7,2)9-7/h9H,3-6H2,1-2H3/t7-,8+. The zero-order valence-corrected chi connectivity index (χ0v) is 6.33. The van der Waals surface area contributed by atoms with E-state index in [1.807, 2.05) is 0 Å². The van der Waals surface area contributed by atoms with Gasteiger partial charge in [-0.2, -0.15) is 0 Å². The average molecular weight is 125 g/mol. The van der Waals surface area contributed by atoms with Crippen molar-refractivity contribution in [2.75, 3.05) is 0 Å². The SMILES string of the molecule is C[C@@]12CCCC[C@]1(C)N2. The van der Waals surface area contributed by atoms with Crippen molar-refractivity contribution in [3.63, 3.8) is 0 Å². The van der Waals surface area contributed by atoms with Crippen LogP contribution in [-0.2, 0) is 0 Å². The molecule has 1 saturated carbocycles. The van der Waals surface area contributed by atoms with Gasteiger partial charge in [-0.25, -0.2) is 0 Å². The average Bonchev–Trinajstić information content (AvgIpc) is 2.33. The van der Waals surface area contributed by atoms with Crippen molar-refractivity contribution in [3.05, 3.63) is 0 Å². The van der Waals surface area contributed by atoms with Crippen molar-refractivity contribution < 1.29 is 0 Å². The first-order chi connectivity index (χ1) is 4.16. The molecule has 0 aromatic carbocycles. The summed E-state index contributed by atoms with van der Waals surface area (Å²) >= 11 is 0. The molecule has 1 aliphatic heterocycles. The van der Waals surface area contributed by atoms with Crippen LogP contribution < -0.4 is 5.32 Å². The fourth-order valence-electron chi connectivity index (χ4n) is 2.21. The molecule has 0 unspecified atom stereocenters. The van der Waals surface area contributed by atoms with Crippen LogP contribution in [0.1, 0.15) is 39.5 Å². The molecule has 2 aliphatic rings. The molecule has 1 saturated heterocycles. The van der Waals surface area contributed by atoms with Crippen LogP contribution in [0.4, 0.5) is 0 Å². The summed E-state index contributed by atoms with van der Waals surface area (Å²) in [5, 5.41) is 3.58. The first kappa shape index (κ1) is 5.72. The normalized spacial score (nSPS) is 56.7. The molecule has 2 rings (SSSR count). The fraction of sp³-hybridized carbons (Fsp3) is 1.00. The van der Waals surface area contributed by atoms with Gasteiger partial charge in [-0.05, 0) is 26.7 Å². The Bertz CT molecular complexity index is 120. The molecular formula is C8H15N. The van der Waals surface area contributed by atoms with Crippen molar-refractivity contribution in [2.45, 2.75) is 50.6 Å². The lowest BCUT2D eigenvalue weighted by Crippen LogP contribution is -2.23. The molecule has 1 heterocycles. The van der Waals surface area contributed by atoms with E-state index in [4.69, 9.17) is 0 Å². The minimum absolute atomic E-state index is 0.533. The Morgan fingerprint density at radius 3 is 1.78 bits per heavy atom. The van der Waals surface area contributed by atoms with Crippen molar-refractivity contribution >= 4 is 0 Å². The molecule has 1 nitrogen and oxygen atoms in total. The van der Waals surface area contributed by atoms with Crippen LogP contribution in [0, 0.1) is 0 Å². The highest BCUT2D eigenvalue weighted by Gasteiger charge is 2.60. The molecule has 52 valence electrons. The Hall–Kier alpha value is -0.0400. The van der Waals surface area contributed by atoms with Gasteiger partial charge in [-0.15, -0.1) is 0 Å². The Kier molecular flexibility index (Phi) is 0.852. The largest absolute Gasteiger partial charge is 0.303 e.